The van der Waals surface area contributed by atoms with Crippen LogP contribution in [0.4, 0.5) is 0 Å². The highest BCUT2D eigenvalue weighted by molar-refractivity contribution is 6.31. The molecule has 0 amide bonds. The number of rotatable bonds is 9. The lowest BCUT2D eigenvalue weighted by atomic mass is 10.2. The van der Waals surface area contributed by atoms with Crippen molar-refractivity contribution in [3.8, 4) is 0 Å². The van der Waals surface area contributed by atoms with Gasteiger partial charge in [0.15, 0.2) is 0 Å². The van der Waals surface area contributed by atoms with E-state index in [4.69, 9.17) is 11.6 Å². The number of nitrogens with zero attached hydrogens (tertiary/aromatic N) is 5. The normalized spacial score (nSPS) is 11.3. The predicted molar refractivity (Wildman–Crippen MR) is 100 cm³/mol. The average molecular weight is 358 g/mol. The van der Waals surface area contributed by atoms with Crippen molar-refractivity contribution in [3.63, 3.8) is 0 Å². The van der Waals surface area contributed by atoms with Crippen LogP contribution < -0.4 is 0 Å². The van der Waals surface area contributed by atoms with Crippen molar-refractivity contribution in [2.45, 2.75) is 39.5 Å². The zero-order valence-electron chi connectivity index (χ0n) is 14.6. The summed E-state index contributed by atoms with van der Waals surface area (Å²) in [6.45, 7) is 6.72. The minimum atomic E-state index is 0.825. The number of benzene rings is 1. The maximum Gasteiger partial charge on any atom is 0.0948 e. The van der Waals surface area contributed by atoms with Gasteiger partial charge in [-0.1, -0.05) is 29.8 Å². The molecule has 3 rings (SSSR count). The summed E-state index contributed by atoms with van der Waals surface area (Å²) in [7, 11) is 0. The lowest BCUT2D eigenvalue weighted by Crippen LogP contribution is -2.26. The first-order valence-corrected chi connectivity index (χ1v) is 9.04. The topological polar surface area (TPSA) is 38.9 Å². The molecule has 0 aliphatic rings. The number of halogens is 1. The van der Waals surface area contributed by atoms with Crippen molar-refractivity contribution in [1.82, 2.24) is 24.0 Å². The Balaban J connectivity index is 1.67. The van der Waals surface area contributed by atoms with E-state index in [0.717, 1.165) is 49.7 Å². The molecule has 0 aliphatic heterocycles. The molecule has 132 valence electrons. The van der Waals surface area contributed by atoms with E-state index in [1.807, 2.05) is 49.4 Å². The molecule has 0 spiro atoms. The molecule has 0 saturated heterocycles. The molecule has 25 heavy (non-hydrogen) atoms. The average Bonchev–Trinajstić information content (AvgIpc) is 3.28. The molecule has 3 aromatic rings. The highest BCUT2D eigenvalue weighted by Gasteiger charge is 2.12. The Bertz CT molecular complexity index is 766. The van der Waals surface area contributed by atoms with Crippen molar-refractivity contribution in [2.24, 2.45) is 0 Å². The monoisotopic (exact) mass is 357 g/mol. The fourth-order valence-electron chi connectivity index (χ4n) is 2.97. The Morgan fingerprint density at radius 1 is 1.12 bits per heavy atom. The van der Waals surface area contributed by atoms with Gasteiger partial charge in [-0.2, -0.15) is 0 Å². The number of hydrogen-bond acceptors (Lipinski definition) is 3. The van der Waals surface area contributed by atoms with Crippen LogP contribution in [0.1, 0.15) is 24.6 Å². The Morgan fingerprint density at radius 3 is 2.76 bits per heavy atom. The van der Waals surface area contributed by atoms with Crippen molar-refractivity contribution in [2.75, 3.05) is 6.54 Å². The van der Waals surface area contributed by atoms with Gasteiger partial charge in [0.05, 0.1) is 18.3 Å². The second-order valence-electron chi connectivity index (χ2n) is 6.13. The van der Waals surface area contributed by atoms with E-state index in [-0.39, 0.29) is 0 Å². The first-order valence-electron chi connectivity index (χ1n) is 8.66. The van der Waals surface area contributed by atoms with Crippen LogP contribution in [0, 0.1) is 0 Å². The van der Waals surface area contributed by atoms with Crippen LogP contribution in [0.15, 0.2) is 55.5 Å². The van der Waals surface area contributed by atoms with E-state index in [2.05, 4.69) is 37.0 Å². The summed E-state index contributed by atoms with van der Waals surface area (Å²) in [6, 6.07) is 8.07. The third kappa shape index (κ3) is 4.94. The third-order valence-electron chi connectivity index (χ3n) is 4.33. The summed E-state index contributed by atoms with van der Waals surface area (Å²) in [5.74, 6) is 0. The molecule has 1 aromatic carbocycles. The van der Waals surface area contributed by atoms with E-state index >= 15 is 0 Å². The Hall–Kier alpha value is -2.11. The zero-order valence-corrected chi connectivity index (χ0v) is 15.3. The van der Waals surface area contributed by atoms with E-state index in [9.17, 15) is 0 Å². The van der Waals surface area contributed by atoms with E-state index in [1.165, 1.54) is 5.69 Å². The van der Waals surface area contributed by atoms with Gasteiger partial charge in [0.25, 0.3) is 0 Å². The Kier molecular flexibility index (Phi) is 6.25. The largest absolute Gasteiger partial charge is 0.337 e. The van der Waals surface area contributed by atoms with Gasteiger partial charge in [-0.15, -0.1) is 0 Å². The van der Waals surface area contributed by atoms with E-state index < -0.39 is 0 Å². The molecule has 5 nitrogen and oxygen atoms in total. The second-order valence-corrected chi connectivity index (χ2v) is 6.53. The SMILES string of the molecule is CCn1cncc1CN(CCCn1ccnc1)Cc1ccccc1Cl. The van der Waals surface area contributed by atoms with Gasteiger partial charge >= 0.3 is 0 Å². The zero-order chi connectivity index (χ0) is 17.5. The molecule has 0 bridgehead atoms. The molecule has 6 heteroatoms. The molecule has 0 fully saturated rings. The van der Waals surface area contributed by atoms with Crippen LogP contribution in [-0.4, -0.2) is 30.5 Å². The van der Waals surface area contributed by atoms with E-state index in [1.54, 1.807) is 0 Å². The second kappa shape index (κ2) is 8.83. The van der Waals surface area contributed by atoms with Crippen LogP contribution in [0.2, 0.25) is 5.02 Å². The summed E-state index contributed by atoms with van der Waals surface area (Å²) in [5.41, 5.74) is 2.39. The molecule has 0 atom stereocenters. The molecule has 2 aromatic heterocycles. The Labute approximate surface area is 153 Å². The highest BCUT2D eigenvalue weighted by atomic mass is 35.5. The maximum atomic E-state index is 6.37. The van der Waals surface area contributed by atoms with Crippen molar-refractivity contribution in [1.29, 1.82) is 0 Å². The summed E-state index contributed by atoms with van der Waals surface area (Å²) < 4.78 is 4.30. The molecule has 0 N–H and O–H groups in total. The molecular weight excluding hydrogens is 334 g/mol. The smallest absolute Gasteiger partial charge is 0.0948 e. The summed E-state index contributed by atoms with van der Waals surface area (Å²) in [4.78, 5) is 10.8. The fraction of sp³-hybridized carbons (Fsp3) is 0.368. The third-order valence-corrected chi connectivity index (χ3v) is 4.70. The van der Waals surface area contributed by atoms with Gasteiger partial charge in [0.2, 0.25) is 0 Å². The quantitative estimate of drug-likeness (QED) is 0.584. The molecule has 0 aliphatic carbocycles. The first kappa shape index (κ1) is 17.7. The van der Waals surface area contributed by atoms with Crippen LogP contribution >= 0.6 is 11.6 Å². The van der Waals surface area contributed by atoms with Gasteiger partial charge in [0, 0.05) is 56.3 Å². The molecular formula is C19H24ClN5. The standard InChI is InChI=1S/C19H24ClN5/c1-2-25-16-22-12-18(25)14-24(10-5-9-23-11-8-21-15-23)13-17-6-3-4-7-19(17)20/h3-4,6-8,11-12,15-16H,2,5,9-10,13-14H2,1H3. The van der Waals surface area contributed by atoms with Crippen LogP contribution in [0.3, 0.4) is 0 Å². The summed E-state index contributed by atoms with van der Waals surface area (Å²) in [5, 5.41) is 0.825. The van der Waals surface area contributed by atoms with Crippen molar-refractivity contribution < 1.29 is 0 Å². The number of hydrogen-bond donors (Lipinski definition) is 0. The van der Waals surface area contributed by atoms with Gasteiger partial charge in [-0.25, -0.2) is 9.97 Å². The first-order chi connectivity index (χ1) is 12.3. The van der Waals surface area contributed by atoms with E-state index in [0.29, 0.717) is 0 Å². The minimum Gasteiger partial charge on any atom is -0.337 e. The lowest BCUT2D eigenvalue weighted by molar-refractivity contribution is 0.242. The van der Waals surface area contributed by atoms with Gasteiger partial charge < -0.3 is 9.13 Å². The highest BCUT2D eigenvalue weighted by Crippen LogP contribution is 2.18. The summed E-state index contributed by atoms with van der Waals surface area (Å²) in [6.07, 6.45) is 10.6. The molecule has 0 radical (unpaired) electrons. The van der Waals surface area contributed by atoms with Gasteiger partial charge in [-0.05, 0) is 25.0 Å². The van der Waals surface area contributed by atoms with Crippen molar-refractivity contribution in [3.05, 3.63) is 71.8 Å². The molecule has 0 saturated carbocycles. The number of aryl methyl sites for hydroxylation is 2. The molecule has 0 unspecified atom stereocenters. The lowest BCUT2D eigenvalue weighted by Gasteiger charge is -2.23. The fourth-order valence-corrected chi connectivity index (χ4v) is 3.17. The Morgan fingerprint density at radius 2 is 2.00 bits per heavy atom. The molecule has 2 heterocycles. The number of imidazole rings is 2. The minimum absolute atomic E-state index is 0.825. The van der Waals surface area contributed by atoms with Gasteiger partial charge in [-0.3, -0.25) is 4.90 Å². The number of aromatic nitrogens is 4. The van der Waals surface area contributed by atoms with Crippen LogP contribution in [0.5, 0.6) is 0 Å². The van der Waals surface area contributed by atoms with Crippen LogP contribution in [-0.2, 0) is 26.2 Å². The van der Waals surface area contributed by atoms with Crippen LogP contribution in [0.25, 0.3) is 0 Å². The summed E-state index contributed by atoms with van der Waals surface area (Å²) >= 11 is 6.37. The van der Waals surface area contributed by atoms with Gasteiger partial charge in [0.1, 0.15) is 0 Å². The predicted octanol–water partition coefficient (Wildman–Crippen LogP) is 3.85. The maximum absolute atomic E-state index is 6.37. The van der Waals surface area contributed by atoms with Crippen molar-refractivity contribution >= 4 is 11.6 Å².